The van der Waals surface area contributed by atoms with Crippen LogP contribution < -0.4 is 5.73 Å². The van der Waals surface area contributed by atoms with E-state index in [4.69, 9.17) is 5.73 Å². The van der Waals surface area contributed by atoms with Gasteiger partial charge in [0.1, 0.15) is 0 Å². The predicted molar refractivity (Wildman–Crippen MR) is 69.8 cm³/mol. The van der Waals surface area contributed by atoms with Crippen molar-refractivity contribution in [3.05, 3.63) is 23.5 Å². The maximum Gasteiger partial charge on any atom is 0.257 e. The molecule has 0 aliphatic heterocycles. The highest BCUT2D eigenvalue weighted by Gasteiger charge is 2.16. The number of hydrogen-bond acceptors (Lipinski definition) is 3. The summed E-state index contributed by atoms with van der Waals surface area (Å²) in [5.41, 5.74) is 7.64. The Labute approximate surface area is 103 Å². The Balaban J connectivity index is 2.81. The van der Waals surface area contributed by atoms with Gasteiger partial charge in [-0.05, 0) is 18.9 Å². The summed E-state index contributed by atoms with van der Waals surface area (Å²) >= 11 is 0. The largest absolute Gasteiger partial charge is 0.398 e. The Morgan fingerprint density at radius 3 is 2.76 bits per heavy atom. The first-order valence-electron chi connectivity index (χ1n) is 5.93. The molecule has 0 saturated carbocycles. The Morgan fingerprint density at radius 1 is 1.59 bits per heavy atom. The number of carbonyl (C=O) groups excluding carboxylic acids is 1. The monoisotopic (exact) mass is 235 g/mol. The molecule has 1 aromatic rings. The molecule has 0 aliphatic carbocycles. The number of aromatic nitrogens is 1. The van der Waals surface area contributed by atoms with E-state index in [2.05, 4.69) is 18.8 Å². The molecule has 1 atom stereocenters. The Hall–Kier alpha value is -1.58. The van der Waals surface area contributed by atoms with Crippen LogP contribution in [0.1, 0.15) is 36.3 Å². The van der Waals surface area contributed by atoms with Gasteiger partial charge >= 0.3 is 0 Å². The smallest absolute Gasteiger partial charge is 0.257 e. The molecule has 2 N–H and O–H groups in total. The predicted octanol–water partition coefficient (Wildman–Crippen LogP) is 2.09. The van der Waals surface area contributed by atoms with Crippen LogP contribution >= 0.6 is 0 Å². The van der Waals surface area contributed by atoms with E-state index in [0.717, 1.165) is 18.7 Å². The number of amides is 1. The van der Waals surface area contributed by atoms with E-state index in [9.17, 15) is 4.79 Å². The highest BCUT2D eigenvalue weighted by atomic mass is 16.2. The van der Waals surface area contributed by atoms with Gasteiger partial charge in [-0.15, -0.1) is 0 Å². The zero-order chi connectivity index (χ0) is 13.0. The van der Waals surface area contributed by atoms with Crippen molar-refractivity contribution in [1.82, 2.24) is 9.88 Å². The maximum absolute atomic E-state index is 12.1. The third-order valence-corrected chi connectivity index (χ3v) is 2.93. The second kappa shape index (κ2) is 5.66. The minimum Gasteiger partial charge on any atom is -0.398 e. The Kier molecular flexibility index (Phi) is 4.49. The van der Waals surface area contributed by atoms with Crippen LogP contribution in [-0.4, -0.2) is 29.4 Å². The third-order valence-electron chi connectivity index (χ3n) is 2.93. The van der Waals surface area contributed by atoms with Crippen molar-refractivity contribution >= 4 is 11.6 Å². The topological polar surface area (TPSA) is 59.2 Å². The number of anilines is 1. The molecule has 1 unspecified atom stereocenters. The zero-order valence-corrected chi connectivity index (χ0v) is 11.0. The van der Waals surface area contributed by atoms with E-state index in [-0.39, 0.29) is 5.91 Å². The van der Waals surface area contributed by atoms with Crippen molar-refractivity contribution in [3.63, 3.8) is 0 Å². The summed E-state index contributed by atoms with van der Waals surface area (Å²) in [5, 5.41) is 0. The molecule has 4 heteroatoms. The van der Waals surface area contributed by atoms with Gasteiger partial charge in [0.05, 0.1) is 5.56 Å². The van der Waals surface area contributed by atoms with Gasteiger partial charge in [0.25, 0.3) is 5.91 Å². The molecule has 0 spiro atoms. The zero-order valence-electron chi connectivity index (χ0n) is 11.0. The number of pyridine rings is 1. The van der Waals surface area contributed by atoms with E-state index in [1.54, 1.807) is 24.2 Å². The van der Waals surface area contributed by atoms with Crippen molar-refractivity contribution in [1.29, 1.82) is 0 Å². The molecule has 17 heavy (non-hydrogen) atoms. The van der Waals surface area contributed by atoms with Crippen molar-refractivity contribution in [2.45, 2.75) is 27.2 Å². The van der Waals surface area contributed by atoms with Crippen molar-refractivity contribution < 1.29 is 4.79 Å². The van der Waals surface area contributed by atoms with Gasteiger partial charge in [-0.3, -0.25) is 9.78 Å². The van der Waals surface area contributed by atoms with Crippen LogP contribution in [0.3, 0.4) is 0 Å². The van der Waals surface area contributed by atoms with Gasteiger partial charge in [-0.25, -0.2) is 0 Å². The lowest BCUT2D eigenvalue weighted by molar-refractivity contribution is 0.0775. The number of nitrogen functional groups attached to an aromatic ring is 1. The molecular weight excluding hydrogens is 214 g/mol. The summed E-state index contributed by atoms with van der Waals surface area (Å²) < 4.78 is 0. The lowest BCUT2D eigenvalue weighted by Gasteiger charge is -2.21. The fourth-order valence-corrected chi connectivity index (χ4v) is 1.64. The number of aryl methyl sites for hydroxylation is 1. The lowest BCUT2D eigenvalue weighted by Crippen LogP contribution is -2.31. The van der Waals surface area contributed by atoms with Gasteiger partial charge in [-0.2, -0.15) is 0 Å². The molecule has 4 nitrogen and oxygen atoms in total. The average molecular weight is 235 g/mol. The first-order chi connectivity index (χ1) is 7.95. The highest BCUT2D eigenvalue weighted by Crippen LogP contribution is 2.14. The number of carbonyl (C=O) groups is 1. The molecule has 94 valence electrons. The molecule has 0 radical (unpaired) electrons. The second-order valence-electron chi connectivity index (χ2n) is 4.61. The molecule has 0 fully saturated rings. The number of hydrogen-bond donors (Lipinski definition) is 1. The van der Waals surface area contributed by atoms with Crippen molar-refractivity contribution in [3.8, 4) is 0 Å². The quantitative estimate of drug-likeness (QED) is 0.869. The molecule has 0 aromatic carbocycles. The van der Waals surface area contributed by atoms with Gasteiger partial charge < -0.3 is 10.6 Å². The standard InChI is InChI=1S/C13H21N3O/c1-5-9(2)8-16(4)13(17)11-7-15-10(3)6-12(11)14/h6-7,9H,5,8H2,1-4H3,(H2,14,15). The van der Waals surface area contributed by atoms with Crippen LogP contribution in [0, 0.1) is 12.8 Å². The molecule has 1 heterocycles. The maximum atomic E-state index is 12.1. The fourth-order valence-electron chi connectivity index (χ4n) is 1.64. The van der Waals surface area contributed by atoms with E-state index in [1.807, 2.05) is 6.92 Å². The fraction of sp³-hybridized carbons (Fsp3) is 0.538. The van der Waals surface area contributed by atoms with Crippen LogP contribution in [0.5, 0.6) is 0 Å². The second-order valence-corrected chi connectivity index (χ2v) is 4.61. The normalized spacial score (nSPS) is 12.2. The molecule has 0 saturated heterocycles. The van der Waals surface area contributed by atoms with Crippen LogP contribution in [0.2, 0.25) is 0 Å². The SMILES string of the molecule is CCC(C)CN(C)C(=O)c1cnc(C)cc1N. The average Bonchev–Trinajstić information content (AvgIpc) is 2.28. The van der Waals surface area contributed by atoms with Gasteiger partial charge in [0, 0.05) is 31.2 Å². The first kappa shape index (κ1) is 13.5. The van der Waals surface area contributed by atoms with Crippen LogP contribution in [0.15, 0.2) is 12.3 Å². The molecule has 1 rings (SSSR count). The van der Waals surface area contributed by atoms with E-state index >= 15 is 0 Å². The van der Waals surface area contributed by atoms with E-state index in [1.165, 1.54) is 0 Å². The first-order valence-corrected chi connectivity index (χ1v) is 5.93. The van der Waals surface area contributed by atoms with Gasteiger partial charge in [0.2, 0.25) is 0 Å². The molecule has 1 aromatic heterocycles. The summed E-state index contributed by atoms with van der Waals surface area (Å²) in [4.78, 5) is 18.0. The molecular formula is C13H21N3O. The van der Waals surface area contributed by atoms with Gasteiger partial charge in [-0.1, -0.05) is 20.3 Å². The van der Waals surface area contributed by atoms with Crippen LogP contribution in [0.4, 0.5) is 5.69 Å². The summed E-state index contributed by atoms with van der Waals surface area (Å²) in [6, 6.07) is 1.73. The highest BCUT2D eigenvalue weighted by molar-refractivity contribution is 5.98. The van der Waals surface area contributed by atoms with Crippen molar-refractivity contribution in [2.24, 2.45) is 5.92 Å². The van der Waals surface area contributed by atoms with Gasteiger partial charge in [0.15, 0.2) is 0 Å². The summed E-state index contributed by atoms with van der Waals surface area (Å²) in [5.74, 6) is 0.430. The Morgan fingerprint density at radius 2 is 2.24 bits per heavy atom. The molecule has 1 amide bonds. The number of nitrogens with two attached hydrogens (primary N) is 1. The van der Waals surface area contributed by atoms with Crippen LogP contribution in [0.25, 0.3) is 0 Å². The number of rotatable bonds is 4. The Bertz CT molecular complexity index is 404. The summed E-state index contributed by atoms with van der Waals surface area (Å²) in [6.07, 6.45) is 2.61. The minimum atomic E-state index is -0.0599. The van der Waals surface area contributed by atoms with E-state index in [0.29, 0.717) is 17.2 Å². The van der Waals surface area contributed by atoms with Crippen LogP contribution in [-0.2, 0) is 0 Å². The molecule has 0 bridgehead atoms. The minimum absolute atomic E-state index is 0.0599. The number of nitrogens with zero attached hydrogens (tertiary/aromatic N) is 2. The lowest BCUT2D eigenvalue weighted by atomic mass is 10.1. The summed E-state index contributed by atoms with van der Waals surface area (Å²) in [7, 11) is 1.80. The third kappa shape index (κ3) is 3.44. The van der Waals surface area contributed by atoms with Crippen molar-refractivity contribution in [2.75, 3.05) is 19.3 Å². The molecule has 0 aliphatic rings. The van der Waals surface area contributed by atoms with E-state index < -0.39 is 0 Å². The summed E-state index contributed by atoms with van der Waals surface area (Å²) in [6.45, 7) is 6.83.